The van der Waals surface area contributed by atoms with Crippen molar-refractivity contribution in [2.75, 3.05) is 25.2 Å². The Labute approximate surface area is 171 Å². The Kier molecular flexibility index (Phi) is 6.11. The molecule has 0 radical (unpaired) electrons. The number of nitrogens with zero attached hydrogens (tertiary/aromatic N) is 3. The molecule has 0 saturated carbocycles. The number of nitrogens with two attached hydrogens (primary N) is 1. The molecule has 10 heteroatoms. The van der Waals surface area contributed by atoms with Crippen LogP contribution in [0.4, 0.5) is 18.7 Å². The molecule has 0 bridgehead atoms. The molecule has 3 amide bonds. The predicted octanol–water partition coefficient (Wildman–Crippen LogP) is 3.19. The van der Waals surface area contributed by atoms with E-state index in [2.05, 4.69) is 15.3 Å². The average Bonchev–Trinajstić information content (AvgIpc) is 3.34. The van der Waals surface area contributed by atoms with Gasteiger partial charge < -0.3 is 10.6 Å². The highest BCUT2D eigenvalue weighted by Gasteiger charge is 2.33. The predicted molar refractivity (Wildman–Crippen MR) is 107 cm³/mol. The Morgan fingerprint density at radius 2 is 2.14 bits per heavy atom. The van der Waals surface area contributed by atoms with Crippen LogP contribution in [0.25, 0.3) is 10.4 Å². The summed E-state index contributed by atoms with van der Waals surface area (Å²) in [4.78, 5) is 34.7. The van der Waals surface area contributed by atoms with E-state index in [9.17, 15) is 18.4 Å². The molecular formula is C19H23F2N5O2S. The highest BCUT2D eigenvalue weighted by molar-refractivity contribution is 7.19. The summed E-state index contributed by atoms with van der Waals surface area (Å²) in [6.07, 6.45) is 2.77. The number of aromatic nitrogens is 2. The number of primary amides is 1. The Hall–Kier alpha value is -2.62. The van der Waals surface area contributed by atoms with Gasteiger partial charge in [0.1, 0.15) is 19.4 Å². The number of urea groups is 1. The first kappa shape index (κ1) is 21.1. The Bertz CT molecular complexity index is 916. The summed E-state index contributed by atoms with van der Waals surface area (Å²) in [5.74, 6) is -0.526. The van der Waals surface area contributed by atoms with Crippen molar-refractivity contribution < 1.29 is 18.4 Å². The second-order valence-electron chi connectivity index (χ2n) is 7.38. The van der Waals surface area contributed by atoms with Crippen molar-refractivity contribution in [1.29, 1.82) is 0 Å². The number of hydrogen-bond donors (Lipinski definition) is 2. The summed E-state index contributed by atoms with van der Waals surface area (Å²) < 4.78 is 26.7. The number of likely N-dealkylation sites (tertiary alicyclic amines) is 1. The molecule has 3 N–H and O–H groups in total. The number of amides is 3. The normalized spacial score (nSPS) is 16.8. The van der Waals surface area contributed by atoms with Crippen LogP contribution >= 0.6 is 11.3 Å². The van der Waals surface area contributed by atoms with Gasteiger partial charge in [0.15, 0.2) is 5.13 Å². The van der Waals surface area contributed by atoms with Gasteiger partial charge in [0.2, 0.25) is 5.91 Å². The summed E-state index contributed by atoms with van der Waals surface area (Å²) in [6.45, 7) is 2.00. The van der Waals surface area contributed by atoms with Gasteiger partial charge in [0.25, 0.3) is 0 Å². The number of halogens is 2. The van der Waals surface area contributed by atoms with Gasteiger partial charge in [-0.3, -0.25) is 15.1 Å². The maximum atomic E-state index is 13.4. The van der Waals surface area contributed by atoms with Crippen LogP contribution in [0, 0.1) is 6.92 Å². The molecule has 3 heterocycles. The lowest BCUT2D eigenvalue weighted by Gasteiger charge is -2.22. The SMILES string of the molecule is Cc1nc(NC(=O)N2CCC[C@H]2C(N)=O)sc1-c1ccnc(C(C)(CF)CF)c1. The van der Waals surface area contributed by atoms with Crippen LogP contribution in [0.2, 0.25) is 0 Å². The molecule has 29 heavy (non-hydrogen) atoms. The highest BCUT2D eigenvalue weighted by Crippen LogP contribution is 2.35. The minimum Gasteiger partial charge on any atom is -0.368 e. The van der Waals surface area contributed by atoms with Crippen molar-refractivity contribution in [2.45, 2.75) is 38.1 Å². The molecule has 7 nitrogen and oxygen atoms in total. The molecule has 2 aromatic rings. The second kappa shape index (κ2) is 8.40. The lowest BCUT2D eigenvalue weighted by molar-refractivity contribution is -0.121. The molecule has 0 spiro atoms. The smallest absolute Gasteiger partial charge is 0.324 e. The fraction of sp³-hybridized carbons (Fsp3) is 0.474. The molecule has 1 fully saturated rings. The quantitative estimate of drug-likeness (QED) is 0.745. The van der Waals surface area contributed by atoms with Crippen LogP contribution in [0.15, 0.2) is 18.3 Å². The van der Waals surface area contributed by atoms with Gasteiger partial charge in [0, 0.05) is 12.7 Å². The van der Waals surface area contributed by atoms with Gasteiger partial charge in [-0.05, 0) is 44.4 Å². The van der Waals surface area contributed by atoms with Gasteiger partial charge in [-0.2, -0.15) is 0 Å². The highest BCUT2D eigenvalue weighted by atomic mass is 32.1. The van der Waals surface area contributed by atoms with Crippen molar-refractivity contribution in [3.05, 3.63) is 29.7 Å². The minimum atomic E-state index is -1.30. The van der Waals surface area contributed by atoms with Crippen LogP contribution in [-0.4, -0.2) is 52.7 Å². The first-order valence-corrected chi connectivity index (χ1v) is 10.0. The number of anilines is 1. The maximum Gasteiger partial charge on any atom is 0.324 e. The molecule has 1 atom stereocenters. The maximum absolute atomic E-state index is 13.4. The van der Waals surface area contributed by atoms with E-state index < -0.39 is 36.7 Å². The number of pyridine rings is 1. The molecular weight excluding hydrogens is 400 g/mol. The number of rotatable bonds is 6. The van der Waals surface area contributed by atoms with E-state index in [0.29, 0.717) is 35.9 Å². The number of thiazole rings is 1. The third-order valence-corrected chi connectivity index (χ3v) is 6.20. The summed E-state index contributed by atoms with van der Waals surface area (Å²) in [6, 6.07) is 2.34. The first-order chi connectivity index (χ1) is 13.8. The van der Waals surface area contributed by atoms with Crippen molar-refractivity contribution in [3.8, 4) is 10.4 Å². The number of carbonyl (C=O) groups is 2. The fourth-order valence-corrected chi connectivity index (χ4v) is 4.21. The molecule has 0 unspecified atom stereocenters. The van der Waals surface area contributed by atoms with Gasteiger partial charge in [-0.15, -0.1) is 0 Å². The third kappa shape index (κ3) is 4.21. The van der Waals surface area contributed by atoms with Crippen LogP contribution in [-0.2, 0) is 10.2 Å². The molecule has 156 valence electrons. The van der Waals surface area contributed by atoms with E-state index >= 15 is 0 Å². The van der Waals surface area contributed by atoms with Gasteiger partial charge in [0.05, 0.1) is 21.7 Å². The van der Waals surface area contributed by atoms with Crippen LogP contribution in [0.5, 0.6) is 0 Å². The van der Waals surface area contributed by atoms with Gasteiger partial charge in [-0.25, -0.2) is 18.6 Å². The molecule has 2 aromatic heterocycles. The van der Waals surface area contributed by atoms with E-state index in [1.807, 2.05) is 0 Å². The van der Waals surface area contributed by atoms with E-state index in [1.165, 1.54) is 29.4 Å². The van der Waals surface area contributed by atoms with Crippen molar-refractivity contribution in [1.82, 2.24) is 14.9 Å². The largest absolute Gasteiger partial charge is 0.368 e. The molecule has 3 rings (SSSR count). The Balaban J connectivity index is 1.82. The van der Waals surface area contributed by atoms with Gasteiger partial charge >= 0.3 is 6.03 Å². The van der Waals surface area contributed by atoms with Crippen molar-refractivity contribution in [3.63, 3.8) is 0 Å². The first-order valence-electron chi connectivity index (χ1n) is 9.22. The minimum absolute atomic E-state index is 0.319. The summed E-state index contributed by atoms with van der Waals surface area (Å²) in [7, 11) is 0. The summed E-state index contributed by atoms with van der Waals surface area (Å²) in [5.41, 5.74) is 5.76. The van der Waals surface area contributed by atoms with Crippen molar-refractivity contribution >= 4 is 28.4 Å². The molecule has 1 aliphatic heterocycles. The number of hydrogen-bond acceptors (Lipinski definition) is 5. The molecule has 0 aromatic carbocycles. The van der Waals surface area contributed by atoms with E-state index in [4.69, 9.17) is 5.73 Å². The summed E-state index contributed by atoms with van der Waals surface area (Å²) >= 11 is 1.24. The van der Waals surface area contributed by atoms with E-state index in [0.717, 1.165) is 10.4 Å². The zero-order valence-electron chi connectivity index (χ0n) is 16.2. The van der Waals surface area contributed by atoms with Crippen LogP contribution in [0.1, 0.15) is 31.2 Å². The molecule has 1 saturated heterocycles. The third-order valence-electron chi connectivity index (χ3n) is 5.08. The average molecular weight is 423 g/mol. The lowest BCUT2D eigenvalue weighted by Crippen LogP contribution is -2.45. The van der Waals surface area contributed by atoms with E-state index in [-0.39, 0.29) is 0 Å². The van der Waals surface area contributed by atoms with E-state index in [1.54, 1.807) is 19.1 Å². The number of nitrogens with one attached hydrogen (secondary N) is 1. The topological polar surface area (TPSA) is 101 Å². The fourth-order valence-electron chi connectivity index (χ4n) is 3.26. The lowest BCUT2D eigenvalue weighted by atomic mass is 9.88. The Morgan fingerprint density at radius 3 is 2.79 bits per heavy atom. The number of carbonyl (C=O) groups excluding carboxylic acids is 2. The monoisotopic (exact) mass is 423 g/mol. The summed E-state index contributed by atoms with van der Waals surface area (Å²) in [5, 5.41) is 3.09. The van der Waals surface area contributed by atoms with Gasteiger partial charge in [-0.1, -0.05) is 11.3 Å². The van der Waals surface area contributed by atoms with Crippen molar-refractivity contribution in [2.24, 2.45) is 5.73 Å². The zero-order chi connectivity index (χ0) is 21.2. The van der Waals surface area contributed by atoms with Crippen LogP contribution in [0.3, 0.4) is 0 Å². The second-order valence-corrected chi connectivity index (χ2v) is 8.37. The molecule has 1 aliphatic rings. The zero-order valence-corrected chi connectivity index (χ0v) is 17.1. The standard InChI is InChI=1S/C19H23F2N5O2S/c1-11-15(12-5-6-23-14(8-12)19(2,9-20)10-21)29-17(24-11)25-18(28)26-7-3-4-13(26)16(22)27/h5-6,8,13H,3-4,7,9-10H2,1-2H3,(H2,22,27)(H,24,25,28)/t13-/m0/s1. The van der Waals surface area contributed by atoms with Crippen LogP contribution < -0.4 is 11.1 Å². The number of aryl methyl sites for hydroxylation is 1. The molecule has 0 aliphatic carbocycles. The number of alkyl halides is 2. The Morgan fingerprint density at radius 1 is 1.41 bits per heavy atom.